The predicted octanol–water partition coefficient (Wildman–Crippen LogP) is 2.72. The Hall–Kier alpha value is -1.40. The Balaban J connectivity index is 1.82. The summed E-state index contributed by atoms with van der Waals surface area (Å²) < 4.78 is 5.84. The van der Waals surface area contributed by atoms with Crippen LogP contribution in [0.5, 0.6) is 0 Å². The van der Waals surface area contributed by atoms with Gasteiger partial charge in [-0.3, -0.25) is 14.8 Å². The molecule has 1 aliphatic rings. The van der Waals surface area contributed by atoms with Crippen molar-refractivity contribution >= 4 is 44.3 Å². The maximum Gasteiger partial charge on any atom is 0.307 e. The van der Waals surface area contributed by atoms with Crippen molar-refractivity contribution in [2.45, 2.75) is 12.5 Å². The first kappa shape index (κ1) is 12.6. The van der Waals surface area contributed by atoms with E-state index in [9.17, 15) is 4.79 Å². The highest BCUT2D eigenvalue weighted by Crippen LogP contribution is 2.27. The number of thiophene rings is 1. The molecule has 1 atom stereocenters. The Bertz CT molecular complexity index is 651. The van der Waals surface area contributed by atoms with Crippen molar-refractivity contribution in [3.63, 3.8) is 0 Å². The van der Waals surface area contributed by atoms with E-state index in [1.165, 1.54) is 7.11 Å². The molecule has 2 aromatic rings. The Morgan fingerprint density at radius 1 is 1.58 bits per heavy atom. The molecule has 0 radical (unpaired) electrons. The number of carbonyl (C=O) groups is 1. The lowest BCUT2D eigenvalue weighted by molar-refractivity contribution is -0.140. The number of pyridine rings is 1. The third-order valence-electron chi connectivity index (χ3n) is 2.89. The number of esters is 1. The van der Waals surface area contributed by atoms with Crippen LogP contribution in [0.2, 0.25) is 0 Å². The van der Waals surface area contributed by atoms with Gasteiger partial charge in [0.2, 0.25) is 0 Å². The van der Waals surface area contributed by atoms with Gasteiger partial charge in [-0.05, 0) is 17.5 Å². The van der Waals surface area contributed by atoms with E-state index in [2.05, 4.69) is 20.8 Å². The van der Waals surface area contributed by atoms with Crippen molar-refractivity contribution in [1.29, 1.82) is 0 Å². The molecular weight excluding hydrogens is 280 g/mol. The fraction of sp³-hybridized carbons (Fsp3) is 0.308. The summed E-state index contributed by atoms with van der Waals surface area (Å²) in [6.07, 6.45) is 2.20. The number of carbonyl (C=O) groups excluding carboxylic acids is 1. The van der Waals surface area contributed by atoms with Crippen LogP contribution in [0, 0.1) is 0 Å². The smallest absolute Gasteiger partial charge is 0.307 e. The molecular formula is C13H12N2O2S2. The standard InChI is InChI=1S/C13H12N2O2S2/c1-17-12(16)5-9-7-19-13(15-9)8-4-11-10(14-6-8)2-3-18-11/h2-4,6,9H,5,7H2,1H3. The molecule has 0 aliphatic carbocycles. The molecule has 0 N–H and O–H groups in total. The topological polar surface area (TPSA) is 51.5 Å². The normalized spacial score (nSPS) is 18.6. The zero-order valence-electron chi connectivity index (χ0n) is 10.3. The number of fused-ring (bicyclic) bond motifs is 1. The number of rotatable bonds is 3. The van der Waals surface area contributed by atoms with Gasteiger partial charge < -0.3 is 4.74 Å². The Labute approximate surface area is 118 Å². The van der Waals surface area contributed by atoms with E-state index >= 15 is 0 Å². The molecule has 1 unspecified atom stereocenters. The van der Waals surface area contributed by atoms with Crippen LogP contribution in [0.1, 0.15) is 12.0 Å². The second kappa shape index (κ2) is 5.30. The van der Waals surface area contributed by atoms with Gasteiger partial charge in [0, 0.05) is 17.5 Å². The quantitative estimate of drug-likeness (QED) is 0.816. The minimum Gasteiger partial charge on any atom is -0.469 e. The highest BCUT2D eigenvalue weighted by Gasteiger charge is 2.22. The zero-order chi connectivity index (χ0) is 13.2. The van der Waals surface area contributed by atoms with Gasteiger partial charge in [-0.25, -0.2) is 0 Å². The summed E-state index contributed by atoms with van der Waals surface area (Å²) in [4.78, 5) is 20.2. The van der Waals surface area contributed by atoms with Gasteiger partial charge in [-0.15, -0.1) is 23.1 Å². The molecule has 19 heavy (non-hydrogen) atoms. The number of ether oxygens (including phenoxy) is 1. The van der Waals surface area contributed by atoms with Crippen LogP contribution >= 0.6 is 23.1 Å². The van der Waals surface area contributed by atoms with Crippen molar-refractivity contribution in [3.8, 4) is 0 Å². The highest BCUT2D eigenvalue weighted by atomic mass is 32.2. The number of aromatic nitrogens is 1. The largest absolute Gasteiger partial charge is 0.469 e. The molecule has 6 heteroatoms. The number of hydrogen-bond acceptors (Lipinski definition) is 6. The molecule has 0 saturated carbocycles. The lowest BCUT2D eigenvalue weighted by atomic mass is 10.2. The van der Waals surface area contributed by atoms with Crippen LogP contribution in [0.4, 0.5) is 0 Å². The van der Waals surface area contributed by atoms with E-state index < -0.39 is 0 Å². The van der Waals surface area contributed by atoms with Gasteiger partial charge >= 0.3 is 5.97 Å². The van der Waals surface area contributed by atoms with Crippen molar-refractivity contribution in [2.24, 2.45) is 4.99 Å². The molecule has 0 saturated heterocycles. The number of aliphatic imine (C=N–C) groups is 1. The summed E-state index contributed by atoms with van der Waals surface area (Å²) >= 11 is 3.35. The van der Waals surface area contributed by atoms with Gasteiger partial charge in [-0.1, -0.05) is 0 Å². The van der Waals surface area contributed by atoms with Gasteiger partial charge in [0.25, 0.3) is 0 Å². The average Bonchev–Trinajstić information content (AvgIpc) is 3.05. The number of nitrogens with zero attached hydrogens (tertiary/aromatic N) is 2. The molecule has 0 aromatic carbocycles. The third kappa shape index (κ3) is 2.64. The van der Waals surface area contributed by atoms with E-state index in [0.717, 1.165) is 26.6 Å². The predicted molar refractivity (Wildman–Crippen MR) is 79.0 cm³/mol. The minimum absolute atomic E-state index is 0.0199. The van der Waals surface area contributed by atoms with E-state index in [1.807, 2.05) is 17.6 Å². The van der Waals surface area contributed by atoms with Gasteiger partial charge in [-0.2, -0.15) is 0 Å². The van der Waals surface area contributed by atoms with Crippen LogP contribution < -0.4 is 0 Å². The summed E-state index contributed by atoms with van der Waals surface area (Å²) in [5.74, 6) is 0.620. The lowest BCUT2D eigenvalue weighted by Crippen LogP contribution is -2.12. The lowest BCUT2D eigenvalue weighted by Gasteiger charge is -2.02. The Kier molecular flexibility index (Phi) is 3.52. The van der Waals surface area contributed by atoms with E-state index in [4.69, 9.17) is 0 Å². The van der Waals surface area contributed by atoms with E-state index in [-0.39, 0.29) is 12.0 Å². The minimum atomic E-state index is -0.206. The van der Waals surface area contributed by atoms with Crippen molar-refractivity contribution in [2.75, 3.05) is 12.9 Å². The maximum absolute atomic E-state index is 11.2. The summed E-state index contributed by atoms with van der Waals surface area (Å²) in [7, 11) is 1.41. The first-order valence-electron chi connectivity index (χ1n) is 5.87. The molecule has 3 rings (SSSR count). The zero-order valence-corrected chi connectivity index (χ0v) is 12.0. The number of methoxy groups -OCH3 is 1. The van der Waals surface area contributed by atoms with Crippen LogP contribution in [0.25, 0.3) is 10.2 Å². The van der Waals surface area contributed by atoms with Crippen molar-refractivity contribution in [1.82, 2.24) is 4.98 Å². The van der Waals surface area contributed by atoms with Crippen molar-refractivity contribution in [3.05, 3.63) is 29.3 Å². The van der Waals surface area contributed by atoms with Crippen LogP contribution in [0.15, 0.2) is 28.7 Å². The monoisotopic (exact) mass is 292 g/mol. The highest BCUT2D eigenvalue weighted by molar-refractivity contribution is 8.14. The first-order chi connectivity index (χ1) is 9.26. The molecule has 3 heterocycles. The Morgan fingerprint density at radius 2 is 2.47 bits per heavy atom. The maximum atomic E-state index is 11.2. The van der Waals surface area contributed by atoms with Crippen molar-refractivity contribution < 1.29 is 9.53 Å². The van der Waals surface area contributed by atoms with Crippen LogP contribution in [-0.4, -0.2) is 34.9 Å². The second-order valence-electron chi connectivity index (χ2n) is 4.21. The molecule has 4 nitrogen and oxygen atoms in total. The van der Waals surface area contributed by atoms with Gasteiger partial charge in [0.1, 0.15) is 0 Å². The molecule has 0 fully saturated rings. The molecule has 0 bridgehead atoms. The van der Waals surface area contributed by atoms with Crippen LogP contribution in [-0.2, 0) is 9.53 Å². The van der Waals surface area contributed by atoms with Crippen LogP contribution in [0.3, 0.4) is 0 Å². The summed E-state index contributed by atoms with van der Waals surface area (Å²) in [6, 6.07) is 4.14. The Morgan fingerprint density at radius 3 is 3.32 bits per heavy atom. The SMILES string of the molecule is COC(=O)CC1CSC(c2cnc3ccsc3c2)=N1. The fourth-order valence-electron chi connectivity index (χ4n) is 1.92. The van der Waals surface area contributed by atoms with E-state index in [1.54, 1.807) is 23.1 Å². The summed E-state index contributed by atoms with van der Waals surface area (Å²) in [6.45, 7) is 0. The van der Waals surface area contributed by atoms with Gasteiger partial charge in [0.05, 0.1) is 34.8 Å². The average molecular weight is 292 g/mol. The summed E-state index contributed by atoms with van der Waals surface area (Å²) in [5.41, 5.74) is 2.05. The van der Waals surface area contributed by atoms with Gasteiger partial charge in [0.15, 0.2) is 0 Å². The molecule has 2 aromatic heterocycles. The summed E-state index contributed by atoms with van der Waals surface area (Å²) in [5, 5.41) is 3.00. The molecule has 1 aliphatic heterocycles. The molecule has 0 amide bonds. The third-order valence-corrected chi connectivity index (χ3v) is 4.91. The molecule has 0 spiro atoms. The first-order valence-corrected chi connectivity index (χ1v) is 7.74. The van der Waals surface area contributed by atoms with E-state index in [0.29, 0.717) is 6.42 Å². The number of hydrogen-bond donors (Lipinski definition) is 0. The fourth-order valence-corrected chi connectivity index (χ4v) is 3.74. The molecule has 98 valence electrons. The number of thioether (sulfide) groups is 1. The second-order valence-corrected chi connectivity index (χ2v) is 6.16.